The molecule has 2 saturated carbocycles. The summed E-state index contributed by atoms with van der Waals surface area (Å²) < 4.78 is 0. The lowest BCUT2D eigenvalue weighted by Crippen LogP contribution is -2.43. The Balaban J connectivity index is 0.000000172. The molecule has 2 aromatic carbocycles. The normalized spacial score (nSPS) is 17.9. The van der Waals surface area contributed by atoms with Gasteiger partial charge in [0.2, 0.25) is 5.78 Å². The molecule has 3 N–H and O–H groups in total. The first-order valence-corrected chi connectivity index (χ1v) is 14.1. The van der Waals surface area contributed by atoms with Crippen molar-refractivity contribution in [1.29, 1.82) is 0 Å². The minimum Gasteiger partial charge on any atom is -0.387 e. The maximum atomic E-state index is 11.1. The molecule has 1 heterocycles. The summed E-state index contributed by atoms with van der Waals surface area (Å²) in [6.45, 7) is 0. The fourth-order valence-corrected chi connectivity index (χ4v) is 5.15. The van der Waals surface area contributed by atoms with Crippen LogP contribution in [-0.2, 0) is 4.79 Å². The van der Waals surface area contributed by atoms with Gasteiger partial charge in [0.1, 0.15) is 27.1 Å². The minimum atomic E-state index is -0.332. The van der Waals surface area contributed by atoms with Gasteiger partial charge in [-0.3, -0.25) is 14.6 Å². The van der Waals surface area contributed by atoms with Gasteiger partial charge in [0, 0.05) is 34.0 Å². The fourth-order valence-electron chi connectivity index (χ4n) is 4.43. The molecule has 0 amide bonds. The quantitative estimate of drug-likeness (QED) is 0.301. The van der Waals surface area contributed by atoms with Gasteiger partial charge in [0.15, 0.2) is 0 Å². The SMILES string of the molecule is NC(=S)C(=O)c1ccc(Cl)cc1.O=C1CCCCC1.S=C1NC2(CCCCC2)N=C1c1ccc(Cl)cc1. The minimum absolute atomic E-state index is 0.121. The summed E-state index contributed by atoms with van der Waals surface area (Å²) in [5.74, 6) is 0.132. The molecule has 1 spiro atoms. The highest BCUT2D eigenvalue weighted by atomic mass is 35.5. The molecule has 3 aliphatic rings. The average molecular weight is 577 g/mol. The number of benzene rings is 2. The van der Waals surface area contributed by atoms with Gasteiger partial charge in [-0.1, -0.05) is 72.6 Å². The van der Waals surface area contributed by atoms with Crippen LogP contribution in [0, 0.1) is 0 Å². The van der Waals surface area contributed by atoms with Gasteiger partial charge >= 0.3 is 0 Å². The van der Waals surface area contributed by atoms with Crippen LogP contribution in [0.4, 0.5) is 0 Å². The summed E-state index contributed by atoms with van der Waals surface area (Å²) >= 11 is 21.5. The molecule has 0 bridgehead atoms. The predicted molar refractivity (Wildman–Crippen MR) is 160 cm³/mol. The number of thiocarbonyl (C=S) groups is 2. The van der Waals surface area contributed by atoms with Crippen LogP contribution < -0.4 is 11.1 Å². The predicted octanol–water partition coefficient (Wildman–Crippen LogP) is 7.05. The van der Waals surface area contributed by atoms with Crippen LogP contribution in [0.2, 0.25) is 10.0 Å². The van der Waals surface area contributed by atoms with Gasteiger partial charge in [0.05, 0.1) is 0 Å². The second kappa shape index (κ2) is 14.1. The first-order chi connectivity index (χ1) is 17.7. The van der Waals surface area contributed by atoms with E-state index < -0.39 is 0 Å². The Labute approximate surface area is 239 Å². The third-order valence-corrected chi connectivity index (χ3v) is 7.41. The first kappa shape index (κ1) is 29.4. The lowest BCUT2D eigenvalue weighted by Gasteiger charge is -2.30. The van der Waals surface area contributed by atoms with Crippen LogP contribution in [-0.4, -0.2) is 32.9 Å². The van der Waals surface area contributed by atoms with E-state index in [4.69, 9.17) is 46.1 Å². The second-order valence-electron chi connectivity index (χ2n) is 9.31. The van der Waals surface area contributed by atoms with Gasteiger partial charge in [-0.2, -0.15) is 0 Å². The van der Waals surface area contributed by atoms with Crippen LogP contribution in [0.5, 0.6) is 0 Å². The van der Waals surface area contributed by atoms with E-state index in [1.54, 1.807) is 24.3 Å². The molecule has 2 aliphatic carbocycles. The zero-order valence-electron chi connectivity index (χ0n) is 20.6. The van der Waals surface area contributed by atoms with E-state index in [1.807, 2.05) is 24.3 Å². The number of carbonyl (C=O) groups is 2. The molecule has 0 saturated heterocycles. The van der Waals surface area contributed by atoms with Crippen LogP contribution in [0.3, 0.4) is 0 Å². The van der Waals surface area contributed by atoms with Crippen LogP contribution in [0.15, 0.2) is 53.5 Å². The van der Waals surface area contributed by atoms with E-state index in [2.05, 4.69) is 17.5 Å². The largest absolute Gasteiger partial charge is 0.387 e. The van der Waals surface area contributed by atoms with Gasteiger partial charge < -0.3 is 11.1 Å². The smallest absolute Gasteiger partial charge is 0.219 e. The van der Waals surface area contributed by atoms with Crippen molar-refractivity contribution in [3.63, 3.8) is 0 Å². The molecule has 9 heteroatoms. The summed E-state index contributed by atoms with van der Waals surface area (Å²) in [5, 5.41) is 4.74. The van der Waals surface area contributed by atoms with Crippen molar-refractivity contribution in [2.24, 2.45) is 10.7 Å². The average Bonchev–Trinajstić information content (AvgIpc) is 3.21. The third-order valence-electron chi connectivity index (χ3n) is 6.43. The molecule has 2 fully saturated rings. The summed E-state index contributed by atoms with van der Waals surface area (Å²) in [6.07, 6.45) is 11.2. The Bertz CT molecular complexity index is 1150. The maximum absolute atomic E-state index is 11.1. The Morgan fingerprint density at radius 3 is 1.86 bits per heavy atom. The standard InChI is InChI=1S/C14H15ClN2S.C8H6ClNOS.C6H10O/c15-11-6-4-10(5-7-11)12-13(18)17-14(16-12)8-2-1-3-9-14;9-6-3-1-5(2-4-6)7(11)8(10)12;7-6-4-2-1-3-5-6/h4-7H,1-3,8-9H2,(H,17,18);1-4H,(H2,10,12);1-5H2. The van der Waals surface area contributed by atoms with E-state index in [1.165, 1.54) is 25.7 Å². The summed E-state index contributed by atoms with van der Waals surface area (Å²) in [4.78, 5) is 27.1. The summed E-state index contributed by atoms with van der Waals surface area (Å²) in [5.41, 5.74) is 7.47. The number of ketones is 2. The third kappa shape index (κ3) is 8.95. The lowest BCUT2D eigenvalue weighted by atomic mass is 9.90. The molecule has 2 aromatic rings. The molecule has 1 aliphatic heterocycles. The maximum Gasteiger partial charge on any atom is 0.219 e. The number of carbonyl (C=O) groups excluding carboxylic acids is 2. The number of nitrogens with zero attached hydrogens (tertiary/aromatic N) is 1. The number of halogens is 2. The molecule has 37 heavy (non-hydrogen) atoms. The Hall–Kier alpha value is -2.19. The number of hydrogen-bond donors (Lipinski definition) is 2. The molecule has 5 rings (SSSR count). The molecule has 0 radical (unpaired) electrons. The summed E-state index contributed by atoms with van der Waals surface area (Å²) in [6, 6.07) is 14.1. The fraction of sp³-hybridized carbons (Fsp3) is 0.393. The van der Waals surface area contributed by atoms with Crippen LogP contribution in [0.25, 0.3) is 0 Å². The topological polar surface area (TPSA) is 84.5 Å². The van der Waals surface area contributed by atoms with Crippen molar-refractivity contribution in [2.45, 2.75) is 69.9 Å². The van der Waals surface area contributed by atoms with Crippen molar-refractivity contribution in [3.05, 3.63) is 69.7 Å². The van der Waals surface area contributed by atoms with E-state index in [0.29, 0.717) is 16.4 Å². The van der Waals surface area contributed by atoms with Gasteiger partial charge in [-0.05, 0) is 74.9 Å². The number of nitrogens with two attached hydrogens (primary N) is 1. The van der Waals surface area contributed by atoms with Crippen LogP contribution >= 0.6 is 47.6 Å². The van der Waals surface area contributed by atoms with Gasteiger partial charge in [0.25, 0.3) is 0 Å². The number of hydrogen-bond acceptors (Lipinski definition) is 5. The zero-order valence-corrected chi connectivity index (χ0v) is 23.7. The van der Waals surface area contributed by atoms with Gasteiger partial charge in [-0.15, -0.1) is 0 Å². The molecule has 0 unspecified atom stereocenters. The summed E-state index contributed by atoms with van der Waals surface area (Å²) in [7, 11) is 0. The number of nitrogens with one attached hydrogen (secondary N) is 1. The second-order valence-corrected chi connectivity index (χ2v) is 11.0. The molecule has 5 nitrogen and oxygen atoms in total. The van der Waals surface area contributed by atoms with E-state index in [9.17, 15) is 9.59 Å². The van der Waals surface area contributed by atoms with Crippen LogP contribution in [0.1, 0.15) is 80.1 Å². The van der Waals surface area contributed by atoms with E-state index in [0.717, 1.165) is 59.8 Å². The Morgan fingerprint density at radius 1 is 0.865 bits per heavy atom. The monoisotopic (exact) mass is 575 g/mol. The number of Topliss-reactive ketones (excluding diaryl/α,β-unsaturated/α-hetero) is 2. The first-order valence-electron chi connectivity index (χ1n) is 12.5. The molecule has 0 atom stereocenters. The van der Waals surface area contributed by atoms with Crippen molar-refractivity contribution in [2.75, 3.05) is 0 Å². The van der Waals surface area contributed by atoms with Crippen molar-refractivity contribution < 1.29 is 9.59 Å². The highest BCUT2D eigenvalue weighted by Crippen LogP contribution is 2.33. The highest BCUT2D eigenvalue weighted by molar-refractivity contribution is 7.82. The molecular weight excluding hydrogens is 545 g/mol. The Morgan fingerprint density at radius 2 is 1.38 bits per heavy atom. The van der Waals surface area contributed by atoms with Crippen molar-refractivity contribution >= 4 is 74.9 Å². The van der Waals surface area contributed by atoms with Crippen molar-refractivity contribution in [3.8, 4) is 0 Å². The van der Waals surface area contributed by atoms with E-state index >= 15 is 0 Å². The lowest BCUT2D eigenvalue weighted by molar-refractivity contribution is -0.120. The van der Waals surface area contributed by atoms with Crippen molar-refractivity contribution in [1.82, 2.24) is 5.32 Å². The van der Waals surface area contributed by atoms with Gasteiger partial charge in [-0.25, -0.2) is 0 Å². The zero-order chi connectivity index (χ0) is 26.8. The Kier molecular flexibility index (Phi) is 11.2. The van der Waals surface area contributed by atoms with E-state index in [-0.39, 0.29) is 16.4 Å². The molecular formula is C28H31Cl2N3O2S2. The highest BCUT2D eigenvalue weighted by Gasteiger charge is 2.38. The molecule has 196 valence electrons. The number of aliphatic imine (C=N–C) groups is 1. The number of rotatable bonds is 3. The molecule has 0 aromatic heterocycles.